The second-order valence-electron chi connectivity index (χ2n) is 7.81. The monoisotopic (exact) mass is 467 g/mol. The van der Waals surface area contributed by atoms with Gasteiger partial charge in [-0.1, -0.05) is 28.1 Å². The SMILES string of the molecule is CC(C)(C)OC(=O)N1CC(n2nc(-c3ccc(Br)cc3)c(C#N)c2N)C(F)(F)C1. The first-order valence-corrected chi connectivity index (χ1v) is 9.62. The summed E-state index contributed by atoms with van der Waals surface area (Å²) in [4.78, 5) is 13.2. The van der Waals surface area contributed by atoms with E-state index >= 15 is 0 Å². The molecule has 154 valence electrons. The number of halogens is 3. The maximum Gasteiger partial charge on any atom is 0.410 e. The highest BCUT2D eigenvalue weighted by Crippen LogP contribution is 2.40. The number of nitriles is 1. The molecule has 2 aromatic rings. The lowest BCUT2D eigenvalue weighted by Gasteiger charge is -2.24. The average molecular weight is 468 g/mol. The van der Waals surface area contributed by atoms with Crippen LogP contribution in [0.4, 0.5) is 19.4 Å². The number of nitrogens with two attached hydrogens (primary N) is 1. The summed E-state index contributed by atoms with van der Waals surface area (Å²) < 4.78 is 36.5. The van der Waals surface area contributed by atoms with Gasteiger partial charge in [-0.3, -0.25) is 4.90 Å². The van der Waals surface area contributed by atoms with Crippen LogP contribution >= 0.6 is 15.9 Å². The smallest absolute Gasteiger partial charge is 0.410 e. The first-order valence-electron chi connectivity index (χ1n) is 8.82. The number of alkyl halides is 2. The number of nitrogen functional groups attached to an aromatic ring is 1. The maximum atomic E-state index is 14.8. The molecule has 2 N–H and O–H groups in total. The highest BCUT2D eigenvalue weighted by atomic mass is 79.9. The number of likely N-dealkylation sites (tertiary alicyclic amines) is 1. The fraction of sp³-hybridized carbons (Fsp3) is 0.421. The Morgan fingerprint density at radius 2 is 2.00 bits per heavy atom. The molecule has 7 nitrogen and oxygen atoms in total. The highest BCUT2D eigenvalue weighted by Gasteiger charge is 2.53. The molecule has 1 amide bonds. The fourth-order valence-corrected chi connectivity index (χ4v) is 3.36. The van der Waals surface area contributed by atoms with Gasteiger partial charge < -0.3 is 10.5 Å². The predicted octanol–water partition coefficient (Wildman–Crippen LogP) is 4.19. The number of hydrogen-bond donors (Lipinski definition) is 1. The minimum atomic E-state index is -3.29. The number of carbonyl (C=O) groups is 1. The number of rotatable bonds is 2. The average Bonchev–Trinajstić information content (AvgIpc) is 3.10. The highest BCUT2D eigenvalue weighted by molar-refractivity contribution is 9.10. The number of nitrogens with zero attached hydrogens (tertiary/aromatic N) is 4. The Kier molecular flexibility index (Phi) is 5.30. The third-order valence-electron chi connectivity index (χ3n) is 4.41. The van der Waals surface area contributed by atoms with Gasteiger partial charge in [0.15, 0.2) is 0 Å². The Labute approximate surface area is 175 Å². The molecule has 2 heterocycles. The lowest BCUT2D eigenvalue weighted by atomic mass is 10.1. The van der Waals surface area contributed by atoms with Gasteiger partial charge >= 0.3 is 6.09 Å². The molecule has 1 unspecified atom stereocenters. The Morgan fingerprint density at radius 1 is 1.38 bits per heavy atom. The molecule has 1 saturated heterocycles. The van der Waals surface area contributed by atoms with Crippen molar-refractivity contribution in [3.63, 3.8) is 0 Å². The van der Waals surface area contributed by atoms with Crippen molar-refractivity contribution in [3.8, 4) is 17.3 Å². The van der Waals surface area contributed by atoms with Crippen LogP contribution < -0.4 is 5.73 Å². The van der Waals surface area contributed by atoms with Gasteiger partial charge in [-0.2, -0.15) is 10.4 Å². The first kappa shape index (κ1) is 21.0. The quantitative estimate of drug-likeness (QED) is 0.713. The first-order chi connectivity index (χ1) is 13.4. The van der Waals surface area contributed by atoms with Gasteiger partial charge in [-0.25, -0.2) is 18.3 Å². The van der Waals surface area contributed by atoms with E-state index in [0.717, 1.165) is 14.1 Å². The number of carbonyl (C=O) groups excluding carboxylic acids is 1. The molecule has 1 aliphatic heterocycles. The van der Waals surface area contributed by atoms with Gasteiger partial charge in [-0.05, 0) is 32.9 Å². The van der Waals surface area contributed by atoms with Crippen LogP contribution in [0.15, 0.2) is 28.7 Å². The predicted molar refractivity (Wildman–Crippen MR) is 106 cm³/mol. The molecule has 0 bridgehead atoms. The van der Waals surface area contributed by atoms with Crippen LogP contribution in [0.1, 0.15) is 32.4 Å². The third kappa shape index (κ3) is 4.19. The van der Waals surface area contributed by atoms with E-state index in [2.05, 4.69) is 21.0 Å². The Balaban J connectivity index is 1.97. The summed E-state index contributed by atoms with van der Waals surface area (Å²) in [7, 11) is 0. The van der Waals surface area contributed by atoms with Crippen LogP contribution in [-0.4, -0.2) is 45.4 Å². The van der Waals surface area contributed by atoms with Crippen LogP contribution in [0.5, 0.6) is 0 Å². The van der Waals surface area contributed by atoms with Crippen LogP contribution in [0.25, 0.3) is 11.3 Å². The zero-order valence-corrected chi connectivity index (χ0v) is 17.7. The Bertz CT molecular complexity index is 976. The van der Waals surface area contributed by atoms with E-state index in [1.54, 1.807) is 45.0 Å². The van der Waals surface area contributed by atoms with E-state index in [0.29, 0.717) is 5.56 Å². The fourth-order valence-electron chi connectivity index (χ4n) is 3.09. The minimum Gasteiger partial charge on any atom is -0.444 e. The summed E-state index contributed by atoms with van der Waals surface area (Å²) in [6.07, 6.45) is -0.834. The topological polar surface area (TPSA) is 97.2 Å². The van der Waals surface area contributed by atoms with Gasteiger partial charge in [-0.15, -0.1) is 0 Å². The molecule has 1 aliphatic rings. The van der Waals surface area contributed by atoms with E-state index in [1.807, 2.05) is 6.07 Å². The lowest BCUT2D eigenvalue weighted by Crippen LogP contribution is -2.36. The van der Waals surface area contributed by atoms with Crippen LogP contribution in [0, 0.1) is 11.3 Å². The van der Waals surface area contributed by atoms with Gasteiger partial charge in [0.05, 0.1) is 13.1 Å². The zero-order chi connectivity index (χ0) is 21.6. The summed E-state index contributed by atoms with van der Waals surface area (Å²) in [6, 6.07) is 7.35. The van der Waals surface area contributed by atoms with Crippen molar-refractivity contribution in [2.24, 2.45) is 0 Å². The summed E-state index contributed by atoms with van der Waals surface area (Å²) in [5.74, 6) is -3.46. The number of ether oxygens (including phenoxy) is 1. The molecule has 1 fully saturated rings. The van der Waals surface area contributed by atoms with E-state index in [9.17, 15) is 18.8 Å². The molecule has 29 heavy (non-hydrogen) atoms. The molecule has 3 rings (SSSR count). The van der Waals surface area contributed by atoms with Crippen molar-refractivity contribution in [2.75, 3.05) is 18.8 Å². The molecular weight excluding hydrogens is 448 g/mol. The van der Waals surface area contributed by atoms with Crippen molar-refractivity contribution in [1.29, 1.82) is 5.26 Å². The molecule has 1 aromatic heterocycles. The number of aromatic nitrogens is 2. The van der Waals surface area contributed by atoms with E-state index < -0.39 is 30.2 Å². The van der Waals surface area contributed by atoms with Gasteiger partial charge in [0.1, 0.15) is 34.8 Å². The number of anilines is 1. The molecule has 0 aliphatic carbocycles. The standard InChI is InChI=1S/C19H20BrF2N5O2/c1-18(2,3)29-17(28)26-9-14(19(21,22)10-26)27-16(24)13(8-23)15(25-27)11-4-6-12(20)7-5-11/h4-7,14H,9-10,24H2,1-3H3. The van der Waals surface area contributed by atoms with E-state index in [1.165, 1.54) is 0 Å². The third-order valence-corrected chi connectivity index (χ3v) is 4.94. The molecule has 0 saturated carbocycles. The number of hydrogen-bond acceptors (Lipinski definition) is 5. The molecular formula is C19H20BrF2N5O2. The summed E-state index contributed by atoms with van der Waals surface area (Å²) in [5, 5.41) is 13.7. The maximum absolute atomic E-state index is 14.8. The molecule has 1 aromatic carbocycles. The Hall–Kier alpha value is -2.67. The molecule has 1 atom stereocenters. The largest absolute Gasteiger partial charge is 0.444 e. The molecule has 0 spiro atoms. The van der Waals surface area contributed by atoms with Crippen molar-refractivity contribution >= 4 is 27.8 Å². The number of amides is 1. The lowest BCUT2D eigenvalue weighted by molar-refractivity contribution is -0.0275. The van der Waals surface area contributed by atoms with Crippen molar-refractivity contribution in [1.82, 2.24) is 14.7 Å². The van der Waals surface area contributed by atoms with Crippen molar-refractivity contribution in [2.45, 2.75) is 38.3 Å². The van der Waals surface area contributed by atoms with E-state index in [4.69, 9.17) is 10.5 Å². The molecule has 0 radical (unpaired) electrons. The summed E-state index contributed by atoms with van der Waals surface area (Å²) in [6.45, 7) is 3.82. The second kappa shape index (κ2) is 7.30. The summed E-state index contributed by atoms with van der Waals surface area (Å²) >= 11 is 3.32. The van der Waals surface area contributed by atoms with E-state index in [-0.39, 0.29) is 23.6 Å². The van der Waals surface area contributed by atoms with Crippen LogP contribution in [0.3, 0.4) is 0 Å². The molecule has 10 heteroatoms. The van der Waals surface area contributed by atoms with Crippen molar-refractivity contribution < 1.29 is 18.3 Å². The number of benzene rings is 1. The van der Waals surface area contributed by atoms with Gasteiger partial charge in [0.2, 0.25) is 0 Å². The van der Waals surface area contributed by atoms with Crippen molar-refractivity contribution in [3.05, 3.63) is 34.3 Å². The van der Waals surface area contributed by atoms with Gasteiger partial charge in [0, 0.05) is 10.0 Å². The minimum absolute atomic E-state index is 0.0128. The zero-order valence-electron chi connectivity index (χ0n) is 16.1. The van der Waals surface area contributed by atoms with Crippen LogP contribution in [-0.2, 0) is 4.74 Å². The van der Waals surface area contributed by atoms with Crippen LogP contribution in [0.2, 0.25) is 0 Å². The Morgan fingerprint density at radius 3 is 2.55 bits per heavy atom. The normalized spacial score (nSPS) is 18.5. The second-order valence-corrected chi connectivity index (χ2v) is 8.73. The van der Waals surface area contributed by atoms with Gasteiger partial charge in [0.25, 0.3) is 5.92 Å². The summed E-state index contributed by atoms with van der Waals surface area (Å²) in [5.41, 5.74) is 5.99.